The molecule has 0 aliphatic carbocycles. The van der Waals surface area contributed by atoms with Crippen LogP contribution in [0.4, 0.5) is 0 Å². The molecule has 14 heavy (non-hydrogen) atoms. The van der Waals surface area contributed by atoms with E-state index < -0.39 is 0 Å². The molecule has 0 spiro atoms. The van der Waals surface area contributed by atoms with Gasteiger partial charge in [0.2, 0.25) is 5.91 Å². The average molecular weight is 198 g/mol. The van der Waals surface area contributed by atoms with Gasteiger partial charge in [-0.3, -0.25) is 4.79 Å². The minimum Gasteiger partial charge on any atom is -0.378 e. The molecule has 0 aromatic heterocycles. The monoisotopic (exact) mass is 198 g/mol. The maximum absolute atomic E-state index is 11.7. The lowest BCUT2D eigenvalue weighted by molar-refractivity contribution is -0.135. The highest BCUT2D eigenvalue weighted by atomic mass is 16.5. The number of ether oxygens (including phenoxy) is 1. The Morgan fingerprint density at radius 1 is 1.43 bits per heavy atom. The van der Waals surface area contributed by atoms with Gasteiger partial charge in [-0.2, -0.15) is 0 Å². The number of nitrogens with one attached hydrogen (secondary N) is 1. The van der Waals surface area contributed by atoms with Crippen molar-refractivity contribution in [2.45, 2.75) is 25.3 Å². The molecular weight excluding hydrogens is 180 g/mol. The van der Waals surface area contributed by atoms with Crippen LogP contribution in [0.2, 0.25) is 0 Å². The van der Waals surface area contributed by atoms with Gasteiger partial charge in [0.25, 0.3) is 0 Å². The number of carbonyl (C=O) groups is 1. The van der Waals surface area contributed by atoms with Gasteiger partial charge in [-0.1, -0.05) is 0 Å². The Morgan fingerprint density at radius 2 is 2.14 bits per heavy atom. The van der Waals surface area contributed by atoms with Gasteiger partial charge in [0, 0.05) is 25.6 Å². The van der Waals surface area contributed by atoms with E-state index in [4.69, 9.17) is 4.74 Å². The summed E-state index contributed by atoms with van der Waals surface area (Å²) in [5.41, 5.74) is 0. The predicted molar refractivity (Wildman–Crippen MR) is 53.0 cm³/mol. The lowest BCUT2D eigenvalue weighted by Gasteiger charge is -2.30. The van der Waals surface area contributed by atoms with Gasteiger partial charge in [-0.05, 0) is 19.4 Å². The highest BCUT2D eigenvalue weighted by Crippen LogP contribution is 2.11. The molecule has 0 aromatic carbocycles. The molecule has 1 atom stereocenters. The third-order valence-electron chi connectivity index (χ3n) is 3.00. The van der Waals surface area contributed by atoms with Crippen molar-refractivity contribution >= 4 is 5.91 Å². The second-order valence-electron chi connectivity index (χ2n) is 3.97. The molecule has 4 heteroatoms. The molecule has 0 bridgehead atoms. The molecule has 2 saturated heterocycles. The topological polar surface area (TPSA) is 41.6 Å². The lowest BCUT2D eigenvalue weighted by atomic mass is 10.0. The Kier molecular flexibility index (Phi) is 3.37. The molecule has 2 heterocycles. The van der Waals surface area contributed by atoms with E-state index in [9.17, 15) is 4.79 Å². The first-order chi connectivity index (χ1) is 6.86. The summed E-state index contributed by atoms with van der Waals surface area (Å²) in [6, 6.07) is 0.597. The fraction of sp³-hybridized carbons (Fsp3) is 0.900. The van der Waals surface area contributed by atoms with Crippen molar-refractivity contribution in [3.63, 3.8) is 0 Å². The second kappa shape index (κ2) is 4.75. The van der Waals surface area contributed by atoms with Crippen LogP contribution in [0.1, 0.15) is 19.3 Å². The first-order valence-corrected chi connectivity index (χ1v) is 5.45. The van der Waals surface area contributed by atoms with E-state index in [1.807, 2.05) is 4.90 Å². The molecular formula is C10H18N2O2. The predicted octanol–water partition coefficient (Wildman–Crippen LogP) is -0.0127. The van der Waals surface area contributed by atoms with E-state index in [0.717, 1.165) is 26.1 Å². The normalized spacial score (nSPS) is 27.1. The standard InChI is InChI=1S/C10H18N2O2/c13-10(2-1-9-3-4-11-9)12-5-7-14-8-6-12/h9,11H,1-8H2. The van der Waals surface area contributed by atoms with E-state index in [1.165, 1.54) is 6.42 Å². The fourth-order valence-corrected chi connectivity index (χ4v) is 1.86. The molecule has 2 rings (SSSR count). The average Bonchev–Trinajstić information content (AvgIpc) is 2.16. The van der Waals surface area contributed by atoms with Gasteiger partial charge in [0.15, 0.2) is 0 Å². The van der Waals surface area contributed by atoms with Crippen LogP contribution < -0.4 is 5.32 Å². The quantitative estimate of drug-likeness (QED) is 0.693. The van der Waals surface area contributed by atoms with Crippen LogP contribution in [0.3, 0.4) is 0 Å². The Hall–Kier alpha value is -0.610. The fourth-order valence-electron chi connectivity index (χ4n) is 1.86. The summed E-state index contributed by atoms with van der Waals surface area (Å²) in [4.78, 5) is 13.6. The van der Waals surface area contributed by atoms with E-state index in [1.54, 1.807) is 0 Å². The van der Waals surface area contributed by atoms with Gasteiger partial charge < -0.3 is 15.0 Å². The highest BCUT2D eigenvalue weighted by molar-refractivity contribution is 5.76. The van der Waals surface area contributed by atoms with E-state index in [2.05, 4.69) is 5.32 Å². The highest BCUT2D eigenvalue weighted by Gasteiger charge is 2.20. The van der Waals surface area contributed by atoms with Crippen LogP contribution in [-0.2, 0) is 9.53 Å². The van der Waals surface area contributed by atoms with Crippen molar-refractivity contribution in [1.82, 2.24) is 10.2 Å². The van der Waals surface area contributed by atoms with E-state index in [0.29, 0.717) is 31.6 Å². The second-order valence-corrected chi connectivity index (χ2v) is 3.97. The van der Waals surface area contributed by atoms with Crippen LogP contribution in [0.15, 0.2) is 0 Å². The Morgan fingerprint density at radius 3 is 2.71 bits per heavy atom. The van der Waals surface area contributed by atoms with Crippen LogP contribution in [0, 0.1) is 0 Å². The van der Waals surface area contributed by atoms with Gasteiger partial charge in [0.1, 0.15) is 0 Å². The maximum atomic E-state index is 11.7. The number of nitrogens with zero attached hydrogens (tertiary/aromatic N) is 1. The van der Waals surface area contributed by atoms with Crippen LogP contribution in [-0.4, -0.2) is 49.7 Å². The largest absolute Gasteiger partial charge is 0.378 e. The first-order valence-electron chi connectivity index (χ1n) is 5.45. The zero-order valence-electron chi connectivity index (χ0n) is 8.50. The summed E-state index contributed by atoms with van der Waals surface area (Å²) in [6.07, 6.45) is 2.92. The molecule has 80 valence electrons. The summed E-state index contributed by atoms with van der Waals surface area (Å²) in [5, 5.41) is 3.31. The number of hydrogen-bond donors (Lipinski definition) is 1. The number of rotatable bonds is 3. The molecule has 4 nitrogen and oxygen atoms in total. The SMILES string of the molecule is O=C(CCC1CCN1)N1CCOCC1. The van der Waals surface area contributed by atoms with Crippen LogP contribution in [0.25, 0.3) is 0 Å². The van der Waals surface area contributed by atoms with Gasteiger partial charge in [-0.15, -0.1) is 0 Å². The van der Waals surface area contributed by atoms with Crippen LogP contribution >= 0.6 is 0 Å². The van der Waals surface area contributed by atoms with Crippen molar-refractivity contribution in [3.8, 4) is 0 Å². The zero-order valence-corrected chi connectivity index (χ0v) is 8.50. The van der Waals surface area contributed by atoms with Crippen molar-refractivity contribution in [1.29, 1.82) is 0 Å². The van der Waals surface area contributed by atoms with E-state index in [-0.39, 0.29) is 0 Å². The maximum Gasteiger partial charge on any atom is 0.222 e. The van der Waals surface area contributed by atoms with Crippen molar-refractivity contribution in [2.75, 3.05) is 32.8 Å². The third kappa shape index (κ3) is 2.45. The number of hydrogen-bond acceptors (Lipinski definition) is 3. The lowest BCUT2D eigenvalue weighted by Crippen LogP contribution is -2.45. The Labute approximate surface area is 84.6 Å². The number of amides is 1. The number of carbonyl (C=O) groups excluding carboxylic acids is 1. The van der Waals surface area contributed by atoms with Crippen molar-refractivity contribution < 1.29 is 9.53 Å². The van der Waals surface area contributed by atoms with Gasteiger partial charge in [0.05, 0.1) is 13.2 Å². The van der Waals surface area contributed by atoms with Crippen LogP contribution in [0.5, 0.6) is 0 Å². The molecule has 0 aromatic rings. The molecule has 2 aliphatic heterocycles. The Bertz CT molecular complexity index is 198. The third-order valence-corrected chi connectivity index (χ3v) is 3.00. The molecule has 1 N–H and O–H groups in total. The summed E-state index contributed by atoms with van der Waals surface area (Å²) < 4.78 is 5.20. The van der Waals surface area contributed by atoms with Crippen molar-refractivity contribution in [2.24, 2.45) is 0 Å². The van der Waals surface area contributed by atoms with Crippen molar-refractivity contribution in [3.05, 3.63) is 0 Å². The molecule has 2 fully saturated rings. The molecule has 1 amide bonds. The smallest absolute Gasteiger partial charge is 0.222 e. The minimum atomic E-state index is 0.294. The van der Waals surface area contributed by atoms with Gasteiger partial charge >= 0.3 is 0 Å². The molecule has 0 radical (unpaired) electrons. The molecule has 1 unspecified atom stereocenters. The summed E-state index contributed by atoms with van der Waals surface area (Å²) in [5.74, 6) is 0.294. The zero-order chi connectivity index (χ0) is 9.80. The Balaban J connectivity index is 1.65. The summed E-state index contributed by atoms with van der Waals surface area (Å²) in [7, 11) is 0. The van der Waals surface area contributed by atoms with E-state index >= 15 is 0 Å². The minimum absolute atomic E-state index is 0.294. The summed E-state index contributed by atoms with van der Waals surface area (Å²) in [6.45, 7) is 4.07. The summed E-state index contributed by atoms with van der Waals surface area (Å²) >= 11 is 0. The molecule has 2 aliphatic rings. The van der Waals surface area contributed by atoms with Gasteiger partial charge in [-0.25, -0.2) is 0 Å². The molecule has 0 saturated carbocycles. The first kappa shape index (κ1) is 9.93. The number of morpholine rings is 1.